The summed E-state index contributed by atoms with van der Waals surface area (Å²) in [6.45, 7) is 3.40. The Labute approximate surface area is 94.9 Å². The van der Waals surface area contributed by atoms with Gasteiger partial charge in [0.05, 0.1) is 17.7 Å². The molecule has 16 heavy (non-hydrogen) atoms. The second-order valence-corrected chi connectivity index (χ2v) is 5.83. The van der Waals surface area contributed by atoms with Crippen molar-refractivity contribution in [3.05, 3.63) is 12.3 Å². The summed E-state index contributed by atoms with van der Waals surface area (Å²) in [6, 6.07) is 3.43. The molecule has 7 heteroatoms. The molecule has 0 aliphatic heterocycles. The summed E-state index contributed by atoms with van der Waals surface area (Å²) in [6.07, 6.45) is 1.41. The Balaban J connectivity index is 2.84. The summed E-state index contributed by atoms with van der Waals surface area (Å²) >= 11 is 0. The highest BCUT2D eigenvalue weighted by Crippen LogP contribution is 2.13. The fraction of sp³-hybridized carbons (Fsp3) is 0.556. The van der Waals surface area contributed by atoms with Crippen LogP contribution in [0, 0.1) is 16.7 Å². The standard InChI is InChI=1S/C9H14N4O2S/c1-9(2,6-10)7-12-16(14,15)8-4-5-11-13(8)3/h4-5,12H,7H2,1-3H3. The predicted octanol–water partition coefficient (Wildman–Crippen LogP) is 0.248. The van der Waals surface area contributed by atoms with Crippen molar-refractivity contribution in [1.29, 1.82) is 5.26 Å². The minimum absolute atomic E-state index is 0.0665. The largest absolute Gasteiger partial charge is 0.257 e. The zero-order valence-electron chi connectivity index (χ0n) is 9.43. The van der Waals surface area contributed by atoms with Gasteiger partial charge in [0, 0.05) is 13.6 Å². The van der Waals surface area contributed by atoms with Gasteiger partial charge in [0.25, 0.3) is 10.0 Å². The molecule has 0 atom stereocenters. The van der Waals surface area contributed by atoms with Gasteiger partial charge >= 0.3 is 0 Å². The van der Waals surface area contributed by atoms with Gasteiger partial charge in [-0.05, 0) is 19.9 Å². The molecule has 0 aromatic carbocycles. The second-order valence-electron chi connectivity index (χ2n) is 4.11. The van der Waals surface area contributed by atoms with Gasteiger partial charge in [0.2, 0.25) is 0 Å². The van der Waals surface area contributed by atoms with Crippen LogP contribution in [0.3, 0.4) is 0 Å². The van der Waals surface area contributed by atoms with E-state index in [4.69, 9.17) is 5.26 Å². The van der Waals surface area contributed by atoms with Crippen LogP contribution in [0.1, 0.15) is 13.8 Å². The molecular weight excluding hydrogens is 228 g/mol. The summed E-state index contributed by atoms with van der Waals surface area (Å²) in [7, 11) is -2.05. The van der Waals surface area contributed by atoms with E-state index in [1.165, 1.54) is 16.9 Å². The quantitative estimate of drug-likeness (QED) is 0.819. The summed E-state index contributed by atoms with van der Waals surface area (Å²) in [5.41, 5.74) is -0.730. The smallest absolute Gasteiger partial charge is 0.256 e. The van der Waals surface area contributed by atoms with E-state index in [-0.39, 0.29) is 11.6 Å². The molecule has 0 fully saturated rings. The van der Waals surface area contributed by atoms with Crippen molar-refractivity contribution >= 4 is 10.0 Å². The number of nitrogens with one attached hydrogen (secondary N) is 1. The summed E-state index contributed by atoms with van der Waals surface area (Å²) in [4.78, 5) is 0. The second kappa shape index (κ2) is 4.23. The third kappa shape index (κ3) is 2.81. The molecule has 88 valence electrons. The van der Waals surface area contributed by atoms with Gasteiger partial charge in [-0.1, -0.05) is 0 Å². The summed E-state index contributed by atoms with van der Waals surface area (Å²) in [5, 5.41) is 12.6. The van der Waals surface area contributed by atoms with Gasteiger partial charge in [-0.2, -0.15) is 10.4 Å². The number of hydrogen-bond acceptors (Lipinski definition) is 4. The fourth-order valence-corrected chi connectivity index (χ4v) is 2.35. The van der Waals surface area contributed by atoms with Crippen LogP contribution < -0.4 is 4.72 Å². The number of nitrogens with zero attached hydrogens (tertiary/aromatic N) is 3. The van der Waals surface area contributed by atoms with Crippen LogP contribution in [-0.2, 0) is 17.1 Å². The van der Waals surface area contributed by atoms with Gasteiger partial charge in [-0.25, -0.2) is 13.1 Å². The van der Waals surface area contributed by atoms with Crippen LogP contribution >= 0.6 is 0 Å². The van der Waals surface area contributed by atoms with E-state index in [2.05, 4.69) is 9.82 Å². The molecule has 1 aromatic heterocycles. The Morgan fingerprint density at radius 1 is 1.62 bits per heavy atom. The van der Waals surface area contributed by atoms with Crippen molar-refractivity contribution in [3.8, 4) is 6.07 Å². The number of nitriles is 1. The number of sulfonamides is 1. The van der Waals surface area contributed by atoms with Gasteiger partial charge in [-0.3, -0.25) is 4.68 Å². The highest BCUT2D eigenvalue weighted by Gasteiger charge is 2.23. The van der Waals surface area contributed by atoms with Gasteiger partial charge < -0.3 is 0 Å². The van der Waals surface area contributed by atoms with E-state index < -0.39 is 15.4 Å². The van der Waals surface area contributed by atoms with Crippen LogP contribution in [0.25, 0.3) is 0 Å². The first-order valence-electron chi connectivity index (χ1n) is 4.67. The average Bonchev–Trinajstić information content (AvgIpc) is 2.63. The summed E-state index contributed by atoms with van der Waals surface area (Å²) in [5.74, 6) is 0. The van der Waals surface area contributed by atoms with E-state index in [9.17, 15) is 8.42 Å². The van der Waals surface area contributed by atoms with E-state index in [1.54, 1.807) is 20.9 Å². The highest BCUT2D eigenvalue weighted by molar-refractivity contribution is 7.89. The molecular formula is C9H14N4O2S. The predicted molar refractivity (Wildman–Crippen MR) is 57.8 cm³/mol. The SMILES string of the molecule is Cn1nccc1S(=O)(=O)NCC(C)(C)C#N. The van der Waals surface area contributed by atoms with Crippen LogP contribution in [0.4, 0.5) is 0 Å². The molecule has 0 saturated carbocycles. The lowest BCUT2D eigenvalue weighted by Crippen LogP contribution is -2.34. The number of hydrogen-bond donors (Lipinski definition) is 1. The topological polar surface area (TPSA) is 87.8 Å². The van der Waals surface area contributed by atoms with Crippen LogP contribution in [0.15, 0.2) is 17.3 Å². The maximum Gasteiger partial charge on any atom is 0.257 e. The van der Waals surface area contributed by atoms with E-state index >= 15 is 0 Å². The molecule has 1 aromatic rings. The molecule has 6 nitrogen and oxygen atoms in total. The highest BCUT2D eigenvalue weighted by atomic mass is 32.2. The molecule has 0 saturated heterocycles. The Bertz CT molecular complexity index is 510. The molecule has 0 radical (unpaired) electrons. The first kappa shape index (κ1) is 12.7. The van der Waals surface area contributed by atoms with Crippen LogP contribution in [-0.4, -0.2) is 24.7 Å². The maximum atomic E-state index is 11.8. The zero-order valence-corrected chi connectivity index (χ0v) is 10.2. The average molecular weight is 242 g/mol. The van der Waals surface area contributed by atoms with Crippen molar-refractivity contribution in [2.24, 2.45) is 12.5 Å². The number of aromatic nitrogens is 2. The lowest BCUT2D eigenvalue weighted by atomic mass is 9.97. The third-order valence-electron chi connectivity index (χ3n) is 2.06. The lowest BCUT2D eigenvalue weighted by Gasteiger charge is -2.15. The molecule has 1 rings (SSSR count). The molecule has 0 aliphatic carbocycles. The van der Waals surface area contributed by atoms with Crippen molar-refractivity contribution in [2.75, 3.05) is 6.54 Å². The Hall–Kier alpha value is -1.39. The molecule has 1 N–H and O–H groups in total. The van der Waals surface area contributed by atoms with Crippen LogP contribution in [0.2, 0.25) is 0 Å². The van der Waals surface area contributed by atoms with Crippen molar-refractivity contribution in [2.45, 2.75) is 18.9 Å². The molecule has 0 aliphatic rings. The van der Waals surface area contributed by atoms with Crippen molar-refractivity contribution in [3.63, 3.8) is 0 Å². The molecule has 1 heterocycles. The molecule has 0 amide bonds. The monoisotopic (exact) mass is 242 g/mol. The lowest BCUT2D eigenvalue weighted by molar-refractivity contribution is 0.475. The maximum absolute atomic E-state index is 11.8. The summed E-state index contributed by atoms with van der Waals surface area (Å²) < 4.78 is 27.2. The van der Waals surface area contributed by atoms with Crippen molar-refractivity contribution < 1.29 is 8.42 Å². The minimum Gasteiger partial charge on any atom is -0.256 e. The van der Waals surface area contributed by atoms with Gasteiger partial charge in [0.1, 0.15) is 0 Å². The number of rotatable bonds is 4. The normalized spacial score (nSPS) is 12.4. The first-order valence-corrected chi connectivity index (χ1v) is 6.16. The van der Waals surface area contributed by atoms with Crippen LogP contribution in [0.5, 0.6) is 0 Å². The third-order valence-corrected chi connectivity index (χ3v) is 3.53. The van der Waals surface area contributed by atoms with Gasteiger partial charge in [0.15, 0.2) is 5.03 Å². The van der Waals surface area contributed by atoms with E-state index in [0.29, 0.717) is 0 Å². The van der Waals surface area contributed by atoms with E-state index in [1.807, 2.05) is 6.07 Å². The fourth-order valence-electron chi connectivity index (χ4n) is 1.01. The Kier molecular flexibility index (Phi) is 3.35. The Morgan fingerprint density at radius 2 is 2.25 bits per heavy atom. The Morgan fingerprint density at radius 3 is 2.69 bits per heavy atom. The van der Waals surface area contributed by atoms with Gasteiger partial charge in [-0.15, -0.1) is 0 Å². The zero-order chi connectivity index (χ0) is 12.4. The molecule has 0 spiro atoms. The van der Waals surface area contributed by atoms with E-state index in [0.717, 1.165) is 0 Å². The molecule has 0 unspecified atom stereocenters. The minimum atomic E-state index is -3.59. The first-order chi connectivity index (χ1) is 7.28. The number of aryl methyl sites for hydroxylation is 1. The van der Waals surface area contributed by atoms with Crippen molar-refractivity contribution in [1.82, 2.24) is 14.5 Å². The molecule has 0 bridgehead atoms.